The molecule has 1 aromatic carbocycles. The maximum Gasteiger partial charge on any atom is 0.325 e. The lowest BCUT2D eigenvalue weighted by molar-refractivity contribution is -0.121. The number of nitrogens with one attached hydrogen (secondary N) is 3. The van der Waals surface area contributed by atoms with E-state index >= 15 is 0 Å². The quantitative estimate of drug-likeness (QED) is 0.455. The molecule has 0 saturated carbocycles. The van der Waals surface area contributed by atoms with E-state index in [1.807, 2.05) is 25.9 Å². The summed E-state index contributed by atoms with van der Waals surface area (Å²) in [5, 5.41) is 8.65. The third kappa shape index (κ3) is 9.63. The van der Waals surface area contributed by atoms with E-state index in [1.165, 1.54) is 6.20 Å². The van der Waals surface area contributed by atoms with Crippen molar-refractivity contribution in [1.82, 2.24) is 20.2 Å². The number of carbonyl (C=O) groups excluding carboxylic acids is 2. The van der Waals surface area contributed by atoms with Crippen molar-refractivity contribution in [3.8, 4) is 5.75 Å². The summed E-state index contributed by atoms with van der Waals surface area (Å²) >= 11 is 6.06. The van der Waals surface area contributed by atoms with Crippen LogP contribution in [-0.4, -0.2) is 60.6 Å². The second-order valence-corrected chi connectivity index (χ2v) is 7.66. The predicted molar refractivity (Wildman–Crippen MR) is 122 cm³/mol. The minimum absolute atomic E-state index is 0.0339. The number of urea groups is 1. The molecule has 1 heterocycles. The van der Waals surface area contributed by atoms with Gasteiger partial charge in [0.25, 0.3) is 0 Å². The highest BCUT2D eigenvalue weighted by atomic mass is 35.5. The fourth-order valence-corrected chi connectivity index (χ4v) is 2.75. The molecule has 0 aliphatic carbocycles. The lowest BCUT2D eigenvalue weighted by Crippen LogP contribution is -2.26. The van der Waals surface area contributed by atoms with E-state index in [-0.39, 0.29) is 5.91 Å². The standard InChI is InChI=1S/C21H29ClN6O3/c1-15-13-25-19(14-24-15)27-21(30)26-17-12-16(22)7-8-18(17)31-11-5-9-23-20(29)6-4-10-28(2)3/h7-8,12-14H,4-6,9-11H2,1-3H3,(H,23,29)(H2,25,26,27,30). The summed E-state index contributed by atoms with van der Waals surface area (Å²) in [4.78, 5) is 34.3. The molecule has 9 nitrogen and oxygen atoms in total. The number of rotatable bonds is 11. The van der Waals surface area contributed by atoms with Crippen molar-refractivity contribution in [3.05, 3.63) is 41.3 Å². The Kier molecular flexibility index (Phi) is 9.99. The topological polar surface area (TPSA) is 108 Å². The van der Waals surface area contributed by atoms with Crippen LogP contribution in [0, 0.1) is 6.92 Å². The Bertz CT molecular complexity index is 861. The Balaban J connectivity index is 1.78. The van der Waals surface area contributed by atoms with Crippen LogP contribution in [0.4, 0.5) is 16.3 Å². The van der Waals surface area contributed by atoms with Crippen LogP contribution >= 0.6 is 11.6 Å². The van der Waals surface area contributed by atoms with Crippen molar-refractivity contribution in [2.24, 2.45) is 0 Å². The number of amides is 3. The second kappa shape index (κ2) is 12.7. The van der Waals surface area contributed by atoms with Crippen LogP contribution in [-0.2, 0) is 4.79 Å². The Labute approximate surface area is 187 Å². The number of carbonyl (C=O) groups is 2. The van der Waals surface area contributed by atoms with Gasteiger partial charge < -0.3 is 20.3 Å². The summed E-state index contributed by atoms with van der Waals surface area (Å²) < 4.78 is 5.77. The van der Waals surface area contributed by atoms with Gasteiger partial charge in [0.2, 0.25) is 5.91 Å². The smallest absolute Gasteiger partial charge is 0.325 e. The third-order valence-corrected chi connectivity index (χ3v) is 4.36. The zero-order valence-corrected chi connectivity index (χ0v) is 18.8. The third-order valence-electron chi connectivity index (χ3n) is 4.12. The average molecular weight is 449 g/mol. The van der Waals surface area contributed by atoms with Crippen LogP contribution in [0.5, 0.6) is 5.75 Å². The first-order chi connectivity index (χ1) is 14.8. The van der Waals surface area contributed by atoms with Gasteiger partial charge in [-0.05, 0) is 58.6 Å². The highest BCUT2D eigenvalue weighted by Gasteiger charge is 2.10. The first-order valence-corrected chi connectivity index (χ1v) is 10.4. The average Bonchev–Trinajstić information content (AvgIpc) is 2.70. The molecular weight excluding hydrogens is 420 g/mol. The molecule has 0 atom stereocenters. The molecule has 10 heteroatoms. The maximum absolute atomic E-state index is 12.3. The first-order valence-electron chi connectivity index (χ1n) is 10.0. The van der Waals surface area contributed by atoms with Gasteiger partial charge in [0, 0.05) is 18.0 Å². The number of aromatic nitrogens is 2. The number of aryl methyl sites for hydroxylation is 1. The van der Waals surface area contributed by atoms with Crippen molar-refractivity contribution < 1.29 is 14.3 Å². The van der Waals surface area contributed by atoms with Gasteiger partial charge in [-0.25, -0.2) is 9.78 Å². The second-order valence-electron chi connectivity index (χ2n) is 7.22. The Morgan fingerprint density at radius 2 is 1.94 bits per heavy atom. The molecule has 168 valence electrons. The van der Waals surface area contributed by atoms with Crippen LogP contribution in [0.2, 0.25) is 5.02 Å². The molecule has 0 fully saturated rings. The molecular formula is C21H29ClN6O3. The molecule has 0 unspecified atom stereocenters. The summed E-state index contributed by atoms with van der Waals surface area (Å²) in [6.07, 6.45) is 4.99. The van der Waals surface area contributed by atoms with Gasteiger partial charge in [-0.15, -0.1) is 0 Å². The highest BCUT2D eigenvalue weighted by molar-refractivity contribution is 6.31. The fraction of sp³-hybridized carbons (Fsp3) is 0.429. The largest absolute Gasteiger partial charge is 0.491 e. The number of benzene rings is 1. The predicted octanol–water partition coefficient (Wildman–Crippen LogP) is 3.31. The zero-order valence-electron chi connectivity index (χ0n) is 18.1. The molecule has 0 aliphatic heterocycles. The summed E-state index contributed by atoms with van der Waals surface area (Å²) in [5.74, 6) is 0.840. The van der Waals surface area contributed by atoms with Gasteiger partial charge in [-0.1, -0.05) is 11.6 Å². The Morgan fingerprint density at radius 1 is 1.13 bits per heavy atom. The normalized spacial score (nSPS) is 10.6. The monoisotopic (exact) mass is 448 g/mol. The summed E-state index contributed by atoms with van der Waals surface area (Å²) in [7, 11) is 3.96. The van der Waals surface area contributed by atoms with Crippen molar-refractivity contribution in [1.29, 1.82) is 0 Å². The van der Waals surface area contributed by atoms with Crippen LogP contribution in [0.25, 0.3) is 0 Å². The summed E-state index contributed by atoms with van der Waals surface area (Å²) in [6.45, 7) is 3.58. The number of hydrogen-bond donors (Lipinski definition) is 3. The lowest BCUT2D eigenvalue weighted by Gasteiger charge is -2.14. The zero-order chi connectivity index (χ0) is 22.6. The lowest BCUT2D eigenvalue weighted by atomic mass is 10.3. The van der Waals surface area contributed by atoms with E-state index in [2.05, 4.69) is 25.9 Å². The molecule has 0 bridgehead atoms. The molecule has 0 radical (unpaired) electrons. The SMILES string of the molecule is Cc1cnc(NC(=O)Nc2cc(Cl)ccc2OCCCNC(=O)CCCN(C)C)cn1. The molecule has 3 N–H and O–H groups in total. The van der Waals surface area contributed by atoms with Gasteiger partial charge in [0.05, 0.1) is 30.4 Å². The van der Waals surface area contributed by atoms with E-state index in [0.29, 0.717) is 48.3 Å². The van der Waals surface area contributed by atoms with Gasteiger partial charge >= 0.3 is 6.03 Å². The van der Waals surface area contributed by atoms with Crippen LogP contribution in [0.3, 0.4) is 0 Å². The van der Waals surface area contributed by atoms with E-state index < -0.39 is 6.03 Å². The van der Waals surface area contributed by atoms with E-state index in [4.69, 9.17) is 16.3 Å². The van der Waals surface area contributed by atoms with Crippen molar-refractivity contribution in [2.75, 3.05) is 44.4 Å². The number of anilines is 2. The number of hydrogen-bond acceptors (Lipinski definition) is 6. The fourth-order valence-electron chi connectivity index (χ4n) is 2.58. The Morgan fingerprint density at radius 3 is 2.65 bits per heavy atom. The molecule has 3 amide bonds. The minimum Gasteiger partial charge on any atom is -0.491 e. The molecule has 1 aromatic heterocycles. The van der Waals surface area contributed by atoms with E-state index in [9.17, 15) is 9.59 Å². The minimum atomic E-state index is -0.491. The molecule has 2 aromatic rings. The number of nitrogens with zero attached hydrogens (tertiary/aromatic N) is 3. The number of halogens is 1. The van der Waals surface area contributed by atoms with Gasteiger partial charge in [-0.2, -0.15) is 0 Å². The van der Waals surface area contributed by atoms with Crippen LogP contribution in [0.1, 0.15) is 25.0 Å². The summed E-state index contributed by atoms with van der Waals surface area (Å²) in [5.41, 5.74) is 1.18. The molecule has 31 heavy (non-hydrogen) atoms. The van der Waals surface area contributed by atoms with Gasteiger partial charge in [-0.3, -0.25) is 15.1 Å². The van der Waals surface area contributed by atoms with Crippen molar-refractivity contribution >= 4 is 35.0 Å². The maximum atomic E-state index is 12.3. The first kappa shape index (κ1) is 24.4. The molecule has 0 aliphatic rings. The van der Waals surface area contributed by atoms with Crippen LogP contribution < -0.4 is 20.7 Å². The molecule has 0 spiro atoms. The van der Waals surface area contributed by atoms with Gasteiger partial charge in [0.15, 0.2) is 5.82 Å². The van der Waals surface area contributed by atoms with E-state index in [1.54, 1.807) is 24.4 Å². The van der Waals surface area contributed by atoms with Crippen molar-refractivity contribution in [2.45, 2.75) is 26.2 Å². The van der Waals surface area contributed by atoms with Crippen LogP contribution in [0.15, 0.2) is 30.6 Å². The highest BCUT2D eigenvalue weighted by Crippen LogP contribution is 2.28. The summed E-state index contributed by atoms with van der Waals surface area (Å²) in [6, 6.07) is 4.47. The molecule has 2 rings (SSSR count). The Hall–Kier alpha value is -2.91. The van der Waals surface area contributed by atoms with E-state index in [0.717, 1.165) is 18.7 Å². The van der Waals surface area contributed by atoms with Gasteiger partial charge in [0.1, 0.15) is 5.75 Å². The van der Waals surface area contributed by atoms with Crippen molar-refractivity contribution in [3.63, 3.8) is 0 Å². The molecule has 0 saturated heterocycles. The number of ether oxygens (including phenoxy) is 1.